The molecule has 8 aromatic carbocycles. The van der Waals surface area contributed by atoms with Crippen LogP contribution in [0, 0.1) is 0 Å². The minimum absolute atomic E-state index is 0.673. The summed E-state index contributed by atoms with van der Waals surface area (Å²) in [7, 11) is 0. The summed E-state index contributed by atoms with van der Waals surface area (Å²) >= 11 is 0. The van der Waals surface area contributed by atoms with Crippen LogP contribution in [0.3, 0.4) is 0 Å². The topological polar surface area (TPSA) is 35.1 Å². The molecule has 0 spiro atoms. The second-order valence-corrected chi connectivity index (χ2v) is 13.4. The summed E-state index contributed by atoms with van der Waals surface area (Å²) in [5, 5.41) is 13.3. The van der Waals surface area contributed by atoms with Crippen LogP contribution in [-0.2, 0) is 0 Å². The predicted octanol–water partition coefficient (Wildman–Crippen LogP) is 11.9. The van der Waals surface area contributed by atoms with Crippen LogP contribution in [0.5, 0.6) is 0 Å². The highest BCUT2D eigenvalue weighted by atomic mass is 15.2. The highest BCUT2D eigenvalue weighted by molar-refractivity contribution is 6.34. The van der Waals surface area contributed by atoms with Crippen LogP contribution in [0.1, 0.15) is 0 Å². The van der Waals surface area contributed by atoms with Crippen LogP contribution in [0.25, 0.3) is 110 Å². The molecule has 12 rings (SSSR count). The van der Waals surface area contributed by atoms with Crippen LogP contribution in [0.4, 0.5) is 0 Å². The number of aromatic nitrogens is 4. The van der Waals surface area contributed by atoms with Gasteiger partial charge in [-0.3, -0.25) is 4.57 Å². The Labute approximate surface area is 285 Å². The van der Waals surface area contributed by atoms with Gasteiger partial charge in [0.25, 0.3) is 0 Å². The summed E-state index contributed by atoms with van der Waals surface area (Å²) < 4.78 is 4.79. The first-order valence-electron chi connectivity index (χ1n) is 17.1. The maximum absolute atomic E-state index is 5.47. The molecule has 0 fully saturated rings. The van der Waals surface area contributed by atoms with Gasteiger partial charge in [-0.05, 0) is 64.0 Å². The van der Waals surface area contributed by atoms with E-state index in [0.29, 0.717) is 5.95 Å². The smallest absolute Gasteiger partial charge is 0.235 e. The molecule has 50 heavy (non-hydrogen) atoms. The molecular formula is C46H26N4. The number of para-hydroxylation sites is 3. The van der Waals surface area contributed by atoms with Crippen molar-refractivity contribution >= 4 is 92.3 Å². The van der Waals surface area contributed by atoms with Crippen LogP contribution in [-0.4, -0.2) is 18.9 Å². The molecule has 0 amide bonds. The average molecular weight is 635 g/mol. The molecule has 0 atom stereocenters. The molecule has 0 aliphatic rings. The summed E-state index contributed by atoms with van der Waals surface area (Å²) in [6, 6.07) is 56.9. The third-order valence-electron chi connectivity index (χ3n) is 10.8. The van der Waals surface area contributed by atoms with E-state index in [0.717, 1.165) is 33.2 Å². The van der Waals surface area contributed by atoms with Gasteiger partial charge >= 0.3 is 0 Å². The van der Waals surface area contributed by atoms with Crippen molar-refractivity contribution in [2.45, 2.75) is 0 Å². The van der Waals surface area contributed by atoms with E-state index in [1.807, 2.05) is 0 Å². The predicted molar refractivity (Wildman–Crippen MR) is 209 cm³/mol. The second kappa shape index (κ2) is 9.43. The molecule has 4 heteroatoms. The molecule has 230 valence electrons. The van der Waals surface area contributed by atoms with Gasteiger partial charge in [-0.1, -0.05) is 115 Å². The monoisotopic (exact) mass is 634 g/mol. The van der Waals surface area contributed by atoms with E-state index < -0.39 is 0 Å². The Morgan fingerprint density at radius 2 is 1.02 bits per heavy atom. The van der Waals surface area contributed by atoms with Gasteiger partial charge in [0.1, 0.15) is 0 Å². The van der Waals surface area contributed by atoms with Crippen LogP contribution < -0.4 is 0 Å². The average Bonchev–Trinajstić information content (AvgIpc) is 3.80. The second-order valence-electron chi connectivity index (χ2n) is 13.4. The van der Waals surface area contributed by atoms with Gasteiger partial charge < -0.3 is 4.40 Å². The third kappa shape index (κ3) is 3.34. The third-order valence-corrected chi connectivity index (χ3v) is 10.8. The van der Waals surface area contributed by atoms with Crippen molar-refractivity contribution in [2.24, 2.45) is 0 Å². The molecule has 4 aromatic heterocycles. The van der Waals surface area contributed by atoms with Crippen molar-refractivity contribution in [1.29, 1.82) is 0 Å². The van der Waals surface area contributed by atoms with Gasteiger partial charge in [-0.2, -0.15) is 0 Å². The van der Waals surface area contributed by atoms with Crippen LogP contribution in [0.15, 0.2) is 158 Å². The summed E-state index contributed by atoms with van der Waals surface area (Å²) in [6.07, 6.45) is 0. The lowest BCUT2D eigenvalue weighted by Crippen LogP contribution is -2.03. The number of fused-ring (bicyclic) bond motifs is 13. The summed E-state index contributed by atoms with van der Waals surface area (Å²) in [5.41, 5.74) is 8.84. The molecule has 0 N–H and O–H groups in total. The Hall–Kier alpha value is -6.78. The van der Waals surface area contributed by atoms with Crippen molar-refractivity contribution in [3.8, 4) is 17.2 Å². The van der Waals surface area contributed by atoms with E-state index in [-0.39, 0.29) is 0 Å². The lowest BCUT2D eigenvalue weighted by atomic mass is 10.0. The molecule has 0 radical (unpaired) electrons. The highest BCUT2D eigenvalue weighted by Gasteiger charge is 2.25. The SMILES string of the molecule is c1ccc2cc(-c3nc(-n4c5ccccc5c5cc6c7cc8ccccc8cc7n7c8ccccc8c(c54)c67)nc4ccccc34)ccc2c1. The number of hydrogen-bond acceptors (Lipinski definition) is 2. The molecule has 4 nitrogen and oxygen atoms in total. The molecule has 0 bridgehead atoms. The largest absolute Gasteiger partial charge is 0.308 e. The molecule has 12 aromatic rings. The summed E-state index contributed by atoms with van der Waals surface area (Å²) in [5.74, 6) is 0.673. The number of nitrogens with zero attached hydrogens (tertiary/aromatic N) is 4. The van der Waals surface area contributed by atoms with Crippen molar-refractivity contribution in [2.75, 3.05) is 0 Å². The quantitative estimate of drug-likeness (QED) is 0.190. The fourth-order valence-electron chi connectivity index (χ4n) is 8.62. The maximum atomic E-state index is 5.47. The van der Waals surface area contributed by atoms with Gasteiger partial charge in [-0.25, -0.2) is 9.97 Å². The van der Waals surface area contributed by atoms with E-state index in [4.69, 9.17) is 9.97 Å². The van der Waals surface area contributed by atoms with Crippen molar-refractivity contribution in [3.63, 3.8) is 0 Å². The number of hydrogen-bond donors (Lipinski definition) is 0. The van der Waals surface area contributed by atoms with E-state index >= 15 is 0 Å². The fourth-order valence-corrected chi connectivity index (χ4v) is 8.62. The first-order valence-corrected chi connectivity index (χ1v) is 17.1. The fraction of sp³-hybridized carbons (Fsp3) is 0. The number of benzene rings is 8. The number of rotatable bonds is 2. The normalized spacial score (nSPS) is 12.4. The Morgan fingerprint density at radius 3 is 1.86 bits per heavy atom. The molecular weight excluding hydrogens is 609 g/mol. The Balaban J connectivity index is 1.28. The van der Waals surface area contributed by atoms with E-state index in [1.165, 1.54) is 70.4 Å². The van der Waals surface area contributed by atoms with Crippen molar-refractivity contribution < 1.29 is 0 Å². The molecule has 0 saturated carbocycles. The van der Waals surface area contributed by atoms with E-state index in [9.17, 15) is 0 Å². The molecule has 0 unspecified atom stereocenters. The standard InChI is InChI=1S/C46H26N4/c1-2-12-28-23-31(22-21-27(28)11-1)43-33-16-5-8-18-38(33)47-46(48-43)50-39-19-9-6-15-32(39)36-26-37-35-24-29-13-3-4-14-30(29)25-41(35)49-40-20-10-7-17-34(40)42(44(37)49)45(36)50/h1-26H. The molecule has 0 saturated heterocycles. The molecule has 0 aliphatic heterocycles. The van der Waals surface area contributed by atoms with Crippen molar-refractivity contribution in [3.05, 3.63) is 158 Å². The minimum Gasteiger partial charge on any atom is -0.308 e. The van der Waals surface area contributed by atoms with Gasteiger partial charge in [0.05, 0.1) is 38.8 Å². The van der Waals surface area contributed by atoms with Gasteiger partial charge in [-0.15, -0.1) is 0 Å². The van der Waals surface area contributed by atoms with Crippen LogP contribution in [0.2, 0.25) is 0 Å². The maximum Gasteiger partial charge on any atom is 0.235 e. The first-order chi connectivity index (χ1) is 24.8. The van der Waals surface area contributed by atoms with Gasteiger partial charge in [0, 0.05) is 43.3 Å². The lowest BCUT2D eigenvalue weighted by molar-refractivity contribution is 1.02. The minimum atomic E-state index is 0.673. The Kier molecular flexibility index (Phi) is 4.94. The van der Waals surface area contributed by atoms with Gasteiger partial charge in [0.2, 0.25) is 5.95 Å². The van der Waals surface area contributed by atoms with E-state index in [2.05, 4.69) is 167 Å². The lowest BCUT2D eigenvalue weighted by Gasteiger charge is -2.13. The van der Waals surface area contributed by atoms with Crippen molar-refractivity contribution in [1.82, 2.24) is 18.9 Å². The first kappa shape index (κ1) is 26.2. The highest BCUT2D eigenvalue weighted by Crippen LogP contribution is 2.47. The zero-order chi connectivity index (χ0) is 32.5. The Morgan fingerprint density at radius 1 is 0.380 bits per heavy atom. The zero-order valence-corrected chi connectivity index (χ0v) is 26.8. The molecule has 4 heterocycles. The van der Waals surface area contributed by atoms with Crippen LogP contribution >= 0.6 is 0 Å². The Bertz CT molecular complexity index is 3380. The zero-order valence-electron chi connectivity index (χ0n) is 26.8. The molecule has 0 aliphatic carbocycles. The van der Waals surface area contributed by atoms with E-state index in [1.54, 1.807) is 0 Å². The summed E-state index contributed by atoms with van der Waals surface area (Å²) in [4.78, 5) is 10.8. The van der Waals surface area contributed by atoms with Gasteiger partial charge in [0.15, 0.2) is 0 Å². The summed E-state index contributed by atoms with van der Waals surface area (Å²) in [6.45, 7) is 0.